The molecule has 2 aromatic rings. The minimum absolute atomic E-state index is 0.0663. The Labute approximate surface area is 117 Å². The van der Waals surface area contributed by atoms with Gasteiger partial charge in [0, 0.05) is 31.0 Å². The predicted molar refractivity (Wildman–Crippen MR) is 74.6 cm³/mol. The molecule has 0 amide bonds. The van der Waals surface area contributed by atoms with Crippen LogP contribution in [0.4, 0.5) is 5.69 Å². The fourth-order valence-corrected chi connectivity index (χ4v) is 3.25. The maximum atomic E-state index is 12.4. The molecule has 2 aromatic heterocycles. The zero-order chi connectivity index (χ0) is 14.9. The smallest absolute Gasteiger partial charge is 0.281 e. The molecule has 0 spiro atoms. The van der Waals surface area contributed by atoms with Crippen LogP contribution in [0.5, 0.6) is 0 Å². The number of nitrogens with zero attached hydrogens (tertiary/aromatic N) is 3. The summed E-state index contributed by atoms with van der Waals surface area (Å²) in [5.41, 5.74) is 7.85. The molecule has 110 valence electrons. The van der Waals surface area contributed by atoms with Crippen LogP contribution < -0.4 is 10.5 Å². The third-order valence-electron chi connectivity index (χ3n) is 2.98. The van der Waals surface area contributed by atoms with Gasteiger partial charge in [-0.05, 0) is 13.3 Å². The van der Waals surface area contributed by atoms with Gasteiger partial charge in [-0.1, -0.05) is 6.92 Å². The Morgan fingerprint density at radius 2 is 2.20 bits per heavy atom. The largest absolute Gasteiger partial charge is 0.326 e. The predicted octanol–water partition coefficient (Wildman–Crippen LogP) is 0.274. The zero-order valence-corrected chi connectivity index (χ0v) is 12.5. The second kappa shape index (κ2) is 5.25. The van der Waals surface area contributed by atoms with E-state index in [-0.39, 0.29) is 11.6 Å². The SMILES string of the molecule is CCc1nn(C)cc1NS(=O)(=O)c1n[nH]c(C)c1CN. The van der Waals surface area contributed by atoms with Crippen molar-refractivity contribution < 1.29 is 8.42 Å². The molecule has 2 heterocycles. The third-order valence-corrected chi connectivity index (χ3v) is 4.31. The summed E-state index contributed by atoms with van der Waals surface area (Å²) in [4.78, 5) is 0. The molecule has 0 aliphatic rings. The van der Waals surface area contributed by atoms with E-state index in [1.165, 1.54) is 0 Å². The van der Waals surface area contributed by atoms with Gasteiger partial charge in [-0.25, -0.2) is 0 Å². The van der Waals surface area contributed by atoms with Gasteiger partial charge in [-0.15, -0.1) is 0 Å². The number of nitrogens with one attached hydrogen (secondary N) is 2. The first-order valence-electron chi connectivity index (χ1n) is 6.18. The quantitative estimate of drug-likeness (QED) is 0.732. The Hall–Kier alpha value is -1.87. The molecule has 0 aliphatic heterocycles. The molecule has 2 rings (SSSR count). The van der Waals surface area contributed by atoms with E-state index in [0.29, 0.717) is 29.1 Å². The number of aryl methyl sites for hydroxylation is 3. The van der Waals surface area contributed by atoms with Gasteiger partial charge in [-0.2, -0.15) is 18.6 Å². The van der Waals surface area contributed by atoms with Crippen LogP contribution in [-0.4, -0.2) is 28.4 Å². The standard InChI is InChI=1S/C11H18N6O2S/c1-4-9-10(6-17(3)15-9)16-20(18,19)11-8(5-12)7(2)13-14-11/h6,16H,4-5,12H2,1-3H3,(H,13,14). The molecular weight excluding hydrogens is 280 g/mol. The van der Waals surface area contributed by atoms with Crippen LogP contribution >= 0.6 is 0 Å². The summed E-state index contributed by atoms with van der Waals surface area (Å²) < 4.78 is 28.9. The number of hydrogen-bond donors (Lipinski definition) is 3. The summed E-state index contributed by atoms with van der Waals surface area (Å²) in [7, 11) is -2.04. The highest BCUT2D eigenvalue weighted by atomic mass is 32.2. The summed E-state index contributed by atoms with van der Waals surface area (Å²) >= 11 is 0. The zero-order valence-electron chi connectivity index (χ0n) is 11.6. The van der Waals surface area contributed by atoms with Crippen molar-refractivity contribution in [2.45, 2.75) is 31.8 Å². The highest BCUT2D eigenvalue weighted by Gasteiger charge is 2.24. The topological polar surface area (TPSA) is 119 Å². The third kappa shape index (κ3) is 2.54. The van der Waals surface area contributed by atoms with Crippen molar-refractivity contribution in [1.29, 1.82) is 0 Å². The highest BCUT2D eigenvalue weighted by Crippen LogP contribution is 2.21. The van der Waals surface area contributed by atoms with Gasteiger partial charge in [0.1, 0.15) is 0 Å². The summed E-state index contributed by atoms with van der Waals surface area (Å²) in [5.74, 6) is 0. The molecule has 0 atom stereocenters. The molecule has 4 N–H and O–H groups in total. The van der Waals surface area contributed by atoms with Crippen molar-refractivity contribution >= 4 is 15.7 Å². The Kier molecular flexibility index (Phi) is 3.82. The first kappa shape index (κ1) is 14.5. The number of rotatable bonds is 5. The summed E-state index contributed by atoms with van der Waals surface area (Å²) in [6, 6.07) is 0. The van der Waals surface area contributed by atoms with E-state index < -0.39 is 10.0 Å². The lowest BCUT2D eigenvalue weighted by Crippen LogP contribution is -2.17. The van der Waals surface area contributed by atoms with E-state index in [1.807, 2.05) is 6.92 Å². The lowest BCUT2D eigenvalue weighted by atomic mass is 10.3. The molecule has 20 heavy (non-hydrogen) atoms. The molecule has 8 nitrogen and oxygen atoms in total. The van der Waals surface area contributed by atoms with E-state index in [4.69, 9.17) is 5.73 Å². The van der Waals surface area contributed by atoms with Crippen LogP contribution in [0.2, 0.25) is 0 Å². The van der Waals surface area contributed by atoms with E-state index in [2.05, 4.69) is 20.0 Å². The number of aromatic nitrogens is 4. The van der Waals surface area contributed by atoms with Crippen LogP contribution in [0.3, 0.4) is 0 Å². The van der Waals surface area contributed by atoms with E-state index in [1.54, 1.807) is 24.9 Å². The molecule has 0 saturated carbocycles. The number of hydrogen-bond acceptors (Lipinski definition) is 5. The van der Waals surface area contributed by atoms with Gasteiger partial charge < -0.3 is 5.73 Å². The van der Waals surface area contributed by atoms with Crippen molar-refractivity contribution in [3.8, 4) is 0 Å². The van der Waals surface area contributed by atoms with Crippen LogP contribution in [-0.2, 0) is 30.0 Å². The Morgan fingerprint density at radius 1 is 1.50 bits per heavy atom. The summed E-state index contributed by atoms with van der Waals surface area (Å²) in [5, 5.41) is 10.6. The molecule has 0 radical (unpaired) electrons. The van der Waals surface area contributed by atoms with Crippen molar-refractivity contribution in [2.75, 3.05) is 4.72 Å². The molecule has 9 heteroatoms. The molecule has 0 aliphatic carbocycles. The molecule has 0 aromatic carbocycles. The van der Waals surface area contributed by atoms with Gasteiger partial charge in [0.2, 0.25) is 5.03 Å². The van der Waals surface area contributed by atoms with Gasteiger partial charge in [-0.3, -0.25) is 14.5 Å². The Morgan fingerprint density at radius 3 is 2.80 bits per heavy atom. The van der Waals surface area contributed by atoms with Gasteiger partial charge in [0.25, 0.3) is 10.0 Å². The second-order valence-corrected chi connectivity index (χ2v) is 6.06. The average molecular weight is 298 g/mol. The van der Waals surface area contributed by atoms with E-state index >= 15 is 0 Å². The molecule has 0 fully saturated rings. The van der Waals surface area contributed by atoms with Crippen LogP contribution in [0.25, 0.3) is 0 Å². The second-order valence-electron chi connectivity index (χ2n) is 4.46. The van der Waals surface area contributed by atoms with Gasteiger partial charge in [0.15, 0.2) is 0 Å². The molecule has 0 saturated heterocycles. The molecule has 0 unspecified atom stereocenters. The van der Waals surface area contributed by atoms with Crippen molar-refractivity contribution in [3.63, 3.8) is 0 Å². The fourth-order valence-electron chi connectivity index (χ4n) is 1.97. The normalized spacial score (nSPS) is 11.8. The van der Waals surface area contributed by atoms with Crippen LogP contribution in [0.1, 0.15) is 23.9 Å². The van der Waals surface area contributed by atoms with Crippen LogP contribution in [0, 0.1) is 6.92 Å². The average Bonchev–Trinajstić information content (AvgIpc) is 2.91. The number of aromatic amines is 1. The molecular formula is C11H18N6O2S. The number of nitrogens with two attached hydrogens (primary N) is 1. The monoisotopic (exact) mass is 298 g/mol. The highest BCUT2D eigenvalue weighted by molar-refractivity contribution is 7.92. The van der Waals surface area contributed by atoms with E-state index in [0.717, 1.165) is 0 Å². The summed E-state index contributed by atoms with van der Waals surface area (Å²) in [6.07, 6.45) is 2.25. The lowest BCUT2D eigenvalue weighted by Gasteiger charge is -2.06. The number of sulfonamides is 1. The van der Waals surface area contributed by atoms with Crippen LogP contribution in [0.15, 0.2) is 11.2 Å². The van der Waals surface area contributed by atoms with E-state index in [9.17, 15) is 8.42 Å². The maximum absolute atomic E-state index is 12.4. The molecule has 0 bridgehead atoms. The van der Waals surface area contributed by atoms with Crippen molar-refractivity contribution in [1.82, 2.24) is 20.0 Å². The number of anilines is 1. The first-order chi connectivity index (χ1) is 9.39. The van der Waals surface area contributed by atoms with Gasteiger partial charge in [0.05, 0.1) is 11.4 Å². The number of H-pyrrole nitrogens is 1. The van der Waals surface area contributed by atoms with Crippen molar-refractivity contribution in [3.05, 3.63) is 23.1 Å². The Balaban J connectivity index is 2.40. The minimum atomic E-state index is -3.78. The summed E-state index contributed by atoms with van der Waals surface area (Å²) in [6.45, 7) is 3.74. The maximum Gasteiger partial charge on any atom is 0.281 e. The van der Waals surface area contributed by atoms with Gasteiger partial charge >= 0.3 is 0 Å². The lowest BCUT2D eigenvalue weighted by molar-refractivity contribution is 0.595. The van der Waals surface area contributed by atoms with Crippen molar-refractivity contribution in [2.24, 2.45) is 12.8 Å². The first-order valence-corrected chi connectivity index (χ1v) is 7.66. The minimum Gasteiger partial charge on any atom is -0.326 e. The fraction of sp³-hybridized carbons (Fsp3) is 0.455. The Bertz CT molecular complexity index is 715.